The Hall–Kier alpha value is -1.28. The molecular weight excluding hydrogens is 366 g/mol. The molecule has 1 aromatic heterocycles. The van der Waals surface area contributed by atoms with E-state index in [-0.39, 0.29) is 5.82 Å². The number of nitrogens with one attached hydrogen (secondary N) is 1. The molecule has 12 heteroatoms. The van der Waals surface area contributed by atoms with Gasteiger partial charge >= 0.3 is 0 Å². The first kappa shape index (κ1) is 21.0. The van der Waals surface area contributed by atoms with Gasteiger partial charge in [0.15, 0.2) is 5.82 Å². The maximum Gasteiger partial charge on any atom is 0.243 e. The minimum atomic E-state index is -1.70. The third-order valence-electron chi connectivity index (χ3n) is 4.15. The zero-order chi connectivity index (χ0) is 19.4. The van der Waals surface area contributed by atoms with Gasteiger partial charge in [0.2, 0.25) is 5.91 Å². The van der Waals surface area contributed by atoms with Gasteiger partial charge in [0, 0.05) is 5.75 Å². The van der Waals surface area contributed by atoms with Crippen LogP contribution >= 0.6 is 11.8 Å². The van der Waals surface area contributed by atoms with Gasteiger partial charge in [0.05, 0.1) is 12.2 Å². The molecule has 148 valence electrons. The van der Waals surface area contributed by atoms with Gasteiger partial charge in [0.1, 0.15) is 36.6 Å². The molecule has 0 aromatic carbocycles. The zero-order valence-corrected chi connectivity index (χ0v) is 15.0. The Kier molecular flexibility index (Phi) is 7.34. The maximum atomic E-state index is 12.0. The van der Waals surface area contributed by atoms with Crippen molar-refractivity contribution in [2.24, 2.45) is 5.73 Å². The van der Waals surface area contributed by atoms with E-state index in [4.69, 9.17) is 5.73 Å². The lowest BCUT2D eigenvalue weighted by Gasteiger charge is -2.41. The highest BCUT2D eigenvalue weighted by Gasteiger charge is 2.49. The number of aliphatic hydroxyl groups excluding tert-OH is 5. The minimum Gasteiger partial charge on any atom is -0.388 e. The van der Waals surface area contributed by atoms with E-state index in [1.54, 1.807) is 11.8 Å². The zero-order valence-electron chi connectivity index (χ0n) is 14.2. The predicted molar refractivity (Wildman–Crippen MR) is 93.3 cm³/mol. The van der Waals surface area contributed by atoms with Gasteiger partial charge in [-0.25, -0.2) is 4.68 Å². The van der Waals surface area contributed by atoms with Crippen molar-refractivity contribution in [3.05, 3.63) is 6.20 Å². The molecule has 1 aromatic rings. The number of aromatic nitrogens is 3. The first-order chi connectivity index (χ1) is 12.3. The Labute approximate surface area is 154 Å². The molecule has 0 saturated heterocycles. The van der Waals surface area contributed by atoms with E-state index in [2.05, 4.69) is 15.6 Å². The summed E-state index contributed by atoms with van der Waals surface area (Å²) >= 11 is 1.56. The van der Waals surface area contributed by atoms with Gasteiger partial charge in [-0.1, -0.05) is 12.1 Å². The van der Waals surface area contributed by atoms with Crippen LogP contribution in [0.25, 0.3) is 0 Å². The number of amides is 1. The number of thioether (sulfide) groups is 1. The highest BCUT2D eigenvalue weighted by atomic mass is 32.2. The van der Waals surface area contributed by atoms with Gasteiger partial charge in [-0.3, -0.25) is 4.79 Å². The van der Waals surface area contributed by atoms with Gasteiger partial charge in [0.25, 0.3) is 0 Å². The second-order valence-electron chi connectivity index (χ2n) is 6.20. The van der Waals surface area contributed by atoms with Crippen molar-refractivity contribution < 1.29 is 30.3 Å². The second kappa shape index (κ2) is 9.08. The summed E-state index contributed by atoms with van der Waals surface area (Å²) in [6.07, 6.45) is -6.03. The van der Waals surface area contributed by atoms with Crippen LogP contribution in [0.3, 0.4) is 0 Å². The van der Waals surface area contributed by atoms with Crippen molar-refractivity contribution in [3.8, 4) is 0 Å². The minimum absolute atomic E-state index is 0.0421. The molecule has 2 unspecified atom stereocenters. The smallest absolute Gasteiger partial charge is 0.243 e. The lowest BCUT2D eigenvalue weighted by Crippen LogP contribution is -2.61. The molecule has 26 heavy (non-hydrogen) atoms. The molecule has 8 N–H and O–H groups in total. The molecule has 1 aliphatic carbocycles. The third-order valence-corrected chi connectivity index (χ3v) is 5.44. The summed E-state index contributed by atoms with van der Waals surface area (Å²) in [4.78, 5) is 12.0. The van der Waals surface area contributed by atoms with Crippen LogP contribution < -0.4 is 11.1 Å². The van der Waals surface area contributed by atoms with Gasteiger partial charge in [-0.2, -0.15) is 11.8 Å². The van der Waals surface area contributed by atoms with Crippen LogP contribution in [0.5, 0.6) is 0 Å². The van der Waals surface area contributed by atoms with E-state index in [1.165, 1.54) is 6.20 Å². The van der Waals surface area contributed by atoms with Crippen LogP contribution in [-0.2, 0) is 4.79 Å². The van der Waals surface area contributed by atoms with E-state index in [1.807, 2.05) is 6.92 Å². The quantitative estimate of drug-likeness (QED) is 0.237. The third kappa shape index (κ3) is 4.52. The molecule has 1 heterocycles. The summed E-state index contributed by atoms with van der Waals surface area (Å²) in [6, 6.07) is -1.99. The van der Waals surface area contributed by atoms with Gasteiger partial charge in [-0.15, -0.1) is 5.10 Å². The molecule has 0 aliphatic heterocycles. The summed E-state index contributed by atoms with van der Waals surface area (Å²) in [5.41, 5.74) is 5.79. The Balaban J connectivity index is 2.03. The Bertz CT molecular complexity index is 588. The van der Waals surface area contributed by atoms with E-state index in [9.17, 15) is 30.3 Å². The number of nitrogens with zero attached hydrogens (tertiary/aromatic N) is 3. The number of anilines is 1. The summed E-state index contributed by atoms with van der Waals surface area (Å²) in [5.74, 6) is 0.927. The summed E-state index contributed by atoms with van der Waals surface area (Å²) < 4.78 is 1.01. The highest BCUT2D eigenvalue weighted by molar-refractivity contribution is 7.99. The molecule has 2 rings (SSSR count). The first-order valence-electron chi connectivity index (χ1n) is 8.24. The Morgan fingerprint density at radius 2 is 1.81 bits per heavy atom. The average Bonchev–Trinajstić information content (AvgIpc) is 3.06. The standard InChI is InChI=1S/C14H25N5O6S/c1-2-3-26-5-6(15)14(25)16-7-4-19(18-17-7)8-9(20)11(22)13(24)12(23)10(8)21/h4,6,8-13,20-24H,2-3,5,15H2,1H3,(H,16,25)/t6-,8?,9+,10+,11-,12+,13?/m1/s1. The van der Waals surface area contributed by atoms with Crippen molar-refractivity contribution in [1.82, 2.24) is 15.0 Å². The SMILES string of the molecule is CCCSC[C@@H](N)C(=O)Nc1cn(C2[C@H](O)[C@H](O)C(O)[C@H](O)[C@H]2O)nn1. The van der Waals surface area contributed by atoms with Crippen LogP contribution in [0.4, 0.5) is 5.82 Å². The van der Waals surface area contributed by atoms with Crippen LogP contribution in [0, 0.1) is 0 Å². The molecule has 1 fully saturated rings. The van der Waals surface area contributed by atoms with Crippen LogP contribution in [0.1, 0.15) is 19.4 Å². The first-order valence-corrected chi connectivity index (χ1v) is 9.39. The molecule has 1 amide bonds. The monoisotopic (exact) mass is 391 g/mol. The van der Waals surface area contributed by atoms with Crippen molar-refractivity contribution in [1.29, 1.82) is 0 Å². The number of aliphatic hydroxyl groups is 5. The van der Waals surface area contributed by atoms with Crippen molar-refractivity contribution >= 4 is 23.5 Å². The maximum absolute atomic E-state index is 12.0. The molecule has 11 nitrogen and oxygen atoms in total. The highest BCUT2D eigenvalue weighted by Crippen LogP contribution is 2.30. The number of carbonyl (C=O) groups excluding carboxylic acids is 1. The van der Waals surface area contributed by atoms with Crippen LogP contribution in [0.2, 0.25) is 0 Å². The Morgan fingerprint density at radius 3 is 2.38 bits per heavy atom. The second-order valence-corrected chi connectivity index (χ2v) is 7.35. The fraction of sp³-hybridized carbons (Fsp3) is 0.786. The van der Waals surface area contributed by atoms with Gasteiger partial charge < -0.3 is 36.6 Å². The number of hydrogen-bond acceptors (Lipinski definition) is 10. The number of nitrogens with two attached hydrogens (primary N) is 1. The van der Waals surface area contributed by atoms with Crippen molar-refractivity contribution in [2.75, 3.05) is 16.8 Å². The Morgan fingerprint density at radius 1 is 1.23 bits per heavy atom. The van der Waals surface area contributed by atoms with E-state index in [0.717, 1.165) is 16.9 Å². The number of hydrogen-bond donors (Lipinski definition) is 7. The molecule has 7 atom stereocenters. The fourth-order valence-corrected chi connectivity index (χ4v) is 3.51. The average molecular weight is 391 g/mol. The summed E-state index contributed by atoms with van der Waals surface area (Å²) in [7, 11) is 0. The summed E-state index contributed by atoms with van der Waals surface area (Å²) in [6.45, 7) is 2.03. The molecule has 0 spiro atoms. The molecule has 1 saturated carbocycles. The van der Waals surface area contributed by atoms with E-state index >= 15 is 0 Å². The van der Waals surface area contributed by atoms with Crippen molar-refractivity contribution in [3.63, 3.8) is 0 Å². The van der Waals surface area contributed by atoms with Gasteiger partial charge in [-0.05, 0) is 12.2 Å². The van der Waals surface area contributed by atoms with Crippen LogP contribution in [0.15, 0.2) is 6.20 Å². The van der Waals surface area contributed by atoms with Crippen LogP contribution in [-0.4, -0.2) is 94.5 Å². The largest absolute Gasteiger partial charge is 0.388 e. The predicted octanol–water partition coefficient (Wildman–Crippen LogP) is -2.95. The molecule has 0 bridgehead atoms. The number of rotatable bonds is 7. The lowest BCUT2D eigenvalue weighted by atomic mass is 9.83. The summed E-state index contributed by atoms with van der Waals surface area (Å²) in [5, 5.41) is 59.2. The normalized spacial score (nSPS) is 33.0. The lowest BCUT2D eigenvalue weighted by molar-refractivity contribution is -0.200. The number of carbonyl (C=O) groups is 1. The topological polar surface area (TPSA) is 187 Å². The van der Waals surface area contributed by atoms with E-state index < -0.39 is 48.5 Å². The van der Waals surface area contributed by atoms with Crippen molar-refractivity contribution in [2.45, 2.75) is 55.9 Å². The fourth-order valence-electron chi connectivity index (χ4n) is 2.65. The molecule has 0 radical (unpaired) electrons. The molecular formula is C14H25N5O6S. The molecule has 1 aliphatic rings. The van der Waals surface area contributed by atoms with E-state index in [0.29, 0.717) is 5.75 Å².